The third-order valence-electron chi connectivity index (χ3n) is 6.29. The first-order valence-corrected chi connectivity index (χ1v) is 11.4. The number of halogens is 1. The third kappa shape index (κ3) is 4.07. The van der Waals surface area contributed by atoms with E-state index in [9.17, 15) is 9.59 Å². The molecular formula is C26H26BrN3O2. The number of Topliss-reactive ketones (excluding diaryl/α,β-unsaturated/α-hetero) is 1. The van der Waals surface area contributed by atoms with Crippen molar-refractivity contribution in [3.63, 3.8) is 0 Å². The second-order valence-corrected chi connectivity index (χ2v) is 9.42. The number of hydrogen-bond donors (Lipinski definition) is 1. The average Bonchev–Trinajstić information content (AvgIpc) is 3.07. The highest BCUT2D eigenvalue weighted by atomic mass is 79.9. The van der Waals surface area contributed by atoms with Crippen molar-refractivity contribution < 1.29 is 9.59 Å². The molecular weight excluding hydrogens is 466 g/mol. The molecule has 0 saturated carbocycles. The standard InChI is InChI=1S/C26H26BrN3O2/c1-4-25(32)30-12-18(13-30)9-21(31)14-29-15-23(22-10-20(27)7-8-24(22)29)26-16(2)5-6-19(11-28)17(26)3/h4-8,10-11,15,18,28H,1,9,12-14H2,2-3H3. The van der Waals surface area contributed by atoms with Gasteiger partial charge >= 0.3 is 0 Å². The van der Waals surface area contributed by atoms with Gasteiger partial charge in [-0.05, 0) is 60.4 Å². The topological polar surface area (TPSA) is 66.2 Å². The number of ketones is 1. The molecule has 3 aromatic rings. The van der Waals surface area contributed by atoms with Crippen molar-refractivity contribution in [1.82, 2.24) is 9.47 Å². The minimum atomic E-state index is -0.0711. The van der Waals surface area contributed by atoms with Crippen LogP contribution in [0.25, 0.3) is 22.0 Å². The first kappa shape index (κ1) is 22.2. The molecule has 6 heteroatoms. The predicted molar refractivity (Wildman–Crippen MR) is 132 cm³/mol. The van der Waals surface area contributed by atoms with Crippen LogP contribution in [0, 0.1) is 25.2 Å². The smallest absolute Gasteiger partial charge is 0.245 e. The van der Waals surface area contributed by atoms with Crippen LogP contribution in [0.2, 0.25) is 0 Å². The Morgan fingerprint density at radius 1 is 1.22 bits per heavy atom. The molecule has 0 spiro atoms. The van der Waals surface area contributed by atoms with Gasteiger partial charge in [-0.25, -0.2) is 0 Å². The molecule has 0 atom stereocenters. The summed E-state index contributed by atoms with van der Waals surface area (Å²) in [5, 5.41) is 8.81. The summed E-state index contributed by atoms with van der Waals surface area (Å²) in [5.41, 5.74) is 6.28. The van der Waals surface area contributed by atoms with Crippen LogP contribution in [-0.2, 0) is 16.1 Å². The largest absolute Gasteiger partial charge is 0.339 e. The lowest BCUT2D eigenvalue weighted by molar-refractivity contribution is -0.134. The maximum absolute atomic E-state index is 12.9. The van der Waals surface area contributed by atoms with Crippen molar-refractivity contribution in [1.29, 1.82) is 5.41 Å². The van der Waals surface area contributed by atoms with Crippen LogP contribution < -0.4 is 0 Å². The zero-order valence-electron chi connectivity index (χ0n) is 18.3. The Bertz CT molecular complexity index is 1250. The number of hydrogen-bond acceptors (Lipinski definition) is 3. The Kier molecular flexibility index (Phi) is 6.15. The summed E-state index contributed by atoms with van der Waals surface area (Å²) in [5.74, 6) is 0.308. The molecule has 0 aliphatic carbocycles. The molecule has 1 aliphatic heterocycles. The Morgan fingerprint density at radius 3 is 2.66 bits per heavy atom. The zero-order valence-corrected chi connectivity index (χ0v) is 19.9. The average molecular weight is 492 g/mol. The van der Waals surface area contributed by atoms with E-state index in [-0.39, 0.29) is 17.6 Å². The lowest BCUT2D eigenvalue weighted by atomic mass is 9.92. The monoisotopic (exact) mass is 491 g/mol. The van der Waals surface area contributed by atoms with Crippen molar-refractivity contribution in [2.45, 2.75) is 26.8 Å². The maximum Gasteiger partial charge on any atom is 0.245 e. The molecule has 1 amide bonds. The van der Waals surface area contributed by atoms with E-state index < -0.39 is 0 Å². The molecule has 1 N–H and O–H groups in total. The van der Waals surface area contributed by atoms with E-state index in [1.54, 1.807) is 4.90 Å². The fraction of sp³-hybridized carbons (Fsp3) is 0.269. The number of fused-ring (bicyclic) bond motifs is 1. The Balaban J connectivity index is 1.65. The Morgan fingerprint density at radius 2 is 1.97 bits per heavy atom. The molecule has 5 nitrogen and oxygen atoms in total. The Labute approximate surface area is 196 Å². The highest BCUT2D eigenvalue weighted by Crippen LogP contribution is 2.37. The summed E-state index contributed by atoms with van der Waals surface area (Å²) in [6.07, 6.45) is 5.23. The number of rotatable bonds is 7. The predicted octanol–water partition coefficient (Wildman–Crippen LogP) is 5.29. The number of aromatic nitrogens is 1. The molecule has 1 saturated heterocycles. The number of nitrogens with one attached hydrogen (secondary N) is 1. The molecule has 0 bridgehead atoms. The van der Waals surface area contributed by atoms with E-state index in [0.29, 0.717) is 26.1 Å². The second-order valence-electron chi connectivity index (χ2n) is 8.50. The molecule has 1 aliphatic rings. The summed E-state index contributed by atoms with van der Waals surface area (Å²) in [7, 11) is 0. The number of amides is 1. The summed E-state index contributed by atoms with van der Waals surface area (Å²) >= 11 is 3.59. The molecule has 1 fully saturated rings. The first-order chi connectivity index (χ1) is 15.3. The summed E-state index contributed by atoms with van der Waals surface area (Å²) in [6.45, 7) is 9.18. The van der Waals surface area contributed by atoms with Crippen LogP contribution in [0.4, 0.5) is 0 Å². The van der Waals surface area contributed by atoms with E-state index in [1.165, 1.54) is 12.3 Å². The van der Waals surface area contributed by atoms with Gasteiger partial charge in [-0.15, -0.1) is 0 Å². The van der Waals surface area contributed by atoms with Gasteiger partial charge in [-0.3, -0.25) is 9.59 Å². The number of carbonyl (C=O) groups excluding carboxylic acids is 2. The lowest BCUT2D eigenvalue weighted by Crippen LogP contribution is -2.50. The van der Waals surface area contributed by atoms with Gasteiger partial charge in [0.05, 0.1) is 6.54 Å². The SMILES string of the molecule is C=CC(=O)N1CC(CC(=O)Cn2cc(-c3c(C)ccc(C=N)c3C)c3cc(Br)ccc32)C1. The van der Waals surface area contributed by atoms with Crippen molar-refractivity contribution in [3.8, 4) is 11.1 Å². The molecule has 0 unspecified atom stereocenters. The van der Waals surface area contributed by atoms with Crippen molar-refractivity contribution in [2.24, 2.45) is 5.92 Å². The highest BCUT2D eigenvalue weighted by molar-refractivity contribution is 9.10. The fourth-order valence-corrected chi connectivity index (χ4v) is 4.98. The molecule has 2 aromatic carbocycles. The van der Waals surface area contributed by atoms with Crippen molar-refractivity contribution in [3.05, 3.63) is 70.3 Å². The third-order valence-corrected chi connectivity index (χ3v) is 6.78. The van der Waals surface area contributed by atoms with E-state index in [4.69, 9.17) is 5.41 Å². The van der Waals surface area contributed by atoms with Crippen LogP contribution in [0.5, 0.6) is 0 Å². The van der Waals surface area contributed by atoms with E-state index in [2.05, 4.69) is 41.7 Å². The van der Waals surface area contributed by atoms with Gasteiger partial charge in [-0.2, -0.15) is 0 Å². The van der Waals surface area contributed by atoms with Gasteiger partial charge in [0.15, 0.2) is 5.78 Å². The van der Waals surface area contributed by atoms with Gasteiger partial charge in [0.1, 0.15) is 0 Å². The van der Waals surface area contributed by atoms with Gasteiger partial charge < -0.3 is 14.9 Å². The maximum atomic E-state index is 12.9. The van der Waals surface area contributed by atoms with Gasteiger partial charge in [-0.1, -0.05) is 34.6 Å². The highest BCUT2D eigenvalue weighted by Gasteiger charge is 2.30. The quantitative estimate of drug-likeness (QED) is 0.360. The number of benzene rings is 2. The summed E-state index contributed by atoms with van der Waals surface area (Å²) in [4.78, 5) is 26.2. The summed E-state index contributed by atoms with van der Waals surface area (Å²) < 4.78 is 3.01. The fourth-order valence-electron chi connectivity index (χ4n) is 4.62. The molecule has 1 aromatic heterocycles. The lowest BCUT2D eigenvalue weighted by Gasteiger charge is -2.38. The van der Waals surface area contributed by atoms with E-state index in [1.807, 2.05) is 35.8 Å². The van der Waals surface area contributed by atoms with Gasteiger partial charge in [0.2, 0.25) is 5.91 Å². The Hall–Kier alpha value is -2.99. The molecule has 4 rings (SSSR count). The number of carbonyl (C=O) groups is 2. The normalized spacial score (nSPS) is 13.8. The minimum Gasteiger partial charge on any atom is -0.339 e. The second kappa shape index (κ2) is 8.87. The zero-order chi connectivity index (χ0) is 23.0. The molecule has 164 valence electrons. The van der Waals surface area contributed by atoms with Crippen LogP contribution in [0.15, 0.2) is 53.7 Å². The van der Waals surface area contributed by atoms with Crippen molar-refractivity contribution >= 4 is 44.7 Å². The molecule has 32 heavy (non-hydrogen) atoms. The number of aryl methyl sites for hydroxylation is 1. The van der Waals surface area contributed by atoms with Gasteiger partial charge in [0.25, 0.3) is 0 Å². The van der Waals surface area contributed by atoms with Crippen molar-refractivity contribution in [2.75, 3.05) is 13.1 Å². The van der Waals surface area contributed by atoms with Crippen LogP contribution in [-0.4, -0.2) is 40.5 Å². The van der Waals surface area contributed by atoms with Gasteiger partial charge in [0, 0.05) is 58.8 Å². The van der Waals surface area contributed by atoms with Crippen LogP contribution in [0.1, 0.15) is 23.1 Å². The van der Waals surface area contributed by atoms with E-state index >= 15 is 0 Å². The molecule has 0 radical (unpaired) electrons. The summed E-state index contributed by atoms with van der Waals surface area (Å²) in [6, 6.07) is 10.1. The van der Waals surface area contributed by atoms with Crippen LogP contribution >= 0.6 is 15.9 Å². The minimum absolute atomic E-state index is 0.0711. The number of likely N-dealkylation sites (tertiary alicyclic amines) is 1. The molecule has 2 heterocycles. The van der Waals surface area contributed by atoms with E-state index in [0.717, 1.165) is 43.2 Å². The first-order valence-electron chi connectivity index (χ1n) is 10.6. The van der Waals surface area contributed by atoms with Crippen LogP contribution in [0.3, 0.4) is 0 Å². The number of nitrogens with zero attached hydrogens (tertiary/aromatic N) is 2.